The molecule has 0 spiro atoms. The average Bonchev–Trinajstić information content (AvgIpc) is 1.95. The maximum absolute atomic E-state index is 9.94. The Morgan fingerprint density at radius 1 is 1.50 bits per heavy atom. The van der Waals surface area contributed by atoms with Crippen molar-refractivity contribution in [2.24, 2.45) is 5.18 Å². The zero-order chi connectivity index (χ0) is 7.56. The molecule has 3 nitrogen and oxygen atoms in total. The number of benzene rings is 1. The van der Waals surface area contributed by atoms with E-state index in [1.165, 1.54) is 18.2 Å². The lowest BCUT2D eigenvalue weighted by Gasteiger charge is -1.94. The molecular weight excluding hydrogens is 245 g/mol. The molecule has 52 valence electrons. The van der Waals surface area contributed by atoms with Crippen LogP contribution in [-0.2, 0) is 0 Å². The summed E-state index contributed by atoms with van der Waals surface area (Å²) in [5, 5.41) is 11.7. The van der Waals surface area contributed by atoms with Crippen molar-refractivity contribution in [1.82, 2.24) is 0 Å². The Bertz CT molecular complexity index is 262. The van der Waals surface area contributed by atoms with Gasteiger partial charge in [-0.25, -0.2) is 0 Å². The van der Waals surface area contributed by atoms with Gasteiger partial charge in [-0.05, 0) is 46.0 Å². The predicted octanol–water partition coefficient (Wildman–Crippen LogP) is 2.39. The van der Waals surface area contributed by atoms with Crippen LogP contribution in [0.2, 0.25) is 0 Å². The third kappa shape index (κ3) is 1.44. The molecule has 1 aromatic carbocycles. The highest BCUT2D eigenvalue weighted by Gasteiger charge is 1.97. The lowest BCUT2D eigenvalue weighted by Crippen LogP contribution is -1.70. The fraction of sp³-hybridized carbons (Fsp3) is 0. The van der Waals surface area contributed by atoms with Crippen LogP contribution in [0.25, 0.3) is 0 Å². The molecule has 0 aliphatic heterocycles. The summed E-state index contributed by atoms with van der Waals surface area (Å²) in [6.45, 7) is 0. The van der Waals surface area contributed by atoms with Gasteiger partial charge in [-0.1, -0.05) is 0 Å². The van der Waals surface area contributed by atoms with E-state index in [2.05, 4.69) is 5.18 Å². The largest absolute Gasteiger partial charge is 0.507 e. The molecule has 1 N–H and O–H groups in total. The lowest BCUT2D eigenvalue weighted by atomic mass is 10.3. The van der Waals surface area contributed by atoms with Gasteiger partial charge in [0.15, 0.2) is 0 Å². The third-order valence-corrected chi connectivity index (χ3v) is 1.90. The van der Waals surface area contributed by atoms with Gasteiger partial charge in [-0.15, -0.1) is 4.91 Å². The van der Waals surface area contributed by atoms with E-state index in [4.69, 9.17) is 5.11 Å². The molecule has 0 amide bonds. The smallest absolute Gasteiger partial charge is 0.129 e. The number of phenols is 1. The van der Waals surface area contributed by atoms with Crippen LogP contribution in [0.3, 0.4) is 0 Å². The molecule has 0 saturated carbocycles. The molecule has 0 saturated heterocycles. The molecule has 0 atom stereocenters. The number of phenolic OH excluding ortho intramolecular Hbond substituents is 1. The van der Waals surface area contributed by atoms with E-state index in [0.717, 1.165) is 0 Å². The molecule has 0 bridgehead atoms. The Hall–Kier alpha value is -0.650. The van der Waals surface area contributed by atoms with Crippen LogP contribution < -0.4 is 0 Å². The number of hydrogen-bond donors (Lipinski definition) is 1. The maximum atomic E-state index is 9.94. The summed E-state index contributed by atoms with van der Waals surface area (Å²) in [4.78, 5) is 9.94. The molecule has 0 aromatic heterocycles. The molecular formula is C6H4INO2. The van der Waals surface area contributed by atoms with Crippen LogP contribution in [0, 0.1) is 8.48 Å². The van der Waals surface area contributed by atoms with Crippen LogP contribution in [-0.4, -0.2) is 5.11 Å². The summed E-state index contributed by atoms with van der Waals surface area (Å²) >= 11 is 1.92. The standard InChI is InChI=1S/C6H4INO2/c7-5-3-4(8-10)1-2-6(5)9/h1-3,9H. The van der Waals surface area contributed by atoms with E-state index in [1.807, 2.05) is 22.6 Å². The number of nitrogens with zero attached hydrogens (tertiary/aromatic N) is 1. The first-order chi connectivity index (χ1) is 4.74. The minimum Gasteiger partial charge on any atom is -0.507 e. The van der Waals surface area contributed by atoms with Gasteiger partial charge in [0.25, 0.3) is 0 Å². The highest BCUT2D eigenvalue weighted by molar-refractivity contribution is 14.1. The molecule has 1 aromatic rings. The van der Waals surface area contributed by atoms with Crippen LogP contribution in [0.1, 0.15) is 0 Å². The number of rotatable bonds is 1. The topological polar surface area (TPSA) is 49.7 Å². The van der Waals surface area contributed by atoms with Crippen LogP contribution in [0.15, 0.2) is 23.4 Å². The highest BCUT2D eigenvalue weighted by atomic mass is 127. The van der Waals surface area contributed by atoms with Gasteiger partial charge in [0.2, 0.25) is 0 Å². The van der Waals surface area contributed by atoms with Crippen molar-refractivity contribution < 1.29 is 5.11 Å². The third-order valence-electron chi connectivity index (χ3n) is 1.04. The van der Waals surface area contributed by atoms with Crippen LogP contribution >= 0.6 is 22.6 Å². The predicted molar refractivity (Wildman–Crippen MR) is 46.3 cm³/mol. The summed E-state index contributed by atoms with van der Waals surface area (Å²) in [5.74, 6) is 0.174. The molecule has 1 rings (SSSR count). The Balaban J connectivity index is 3.16. The van der Waals surface area contributed by atoms with E-state index >= 15 is 0 Å². The molecule has 0 aliphatic rings. The Morgan fingerprint density at radius 2 is 2.20 bits per heavy atom. The molecule has 0 radical (unpaired) electrons. The molecule has 4 heteroatoms. The maximum Gasteiger partial charge on any atom is 0.129 e. The van der Waals surface area contributed by atoms with Crippen LogP contribution in [0.5, 0.6) is 5.75 Å². The van der Waals surface area contributed by atoms with E-state index in [-0.39, 0.29) is 5.75 Å². The highest BCUT2D eigenvalue weighted by Crippen LogP contribution is 2.23. The summed E-state index contributed by atoms with van der Waals surface area (Å²) < 4.78 is 0.634. The summed E-state index contributed by atoms with van der Waals surface area (Å²) in [5.41, 5.74) is 0.335. The van der Waals surface area contributed by atoms with Gasteiger partial charge >= 0.3 is 0 Å². The molecule has 0 aliphatic carbocycles. The molecule has 0 heterocycles. The van der Waals surface area contributed by atoms with Crippen molar-refractivity contribution in [2.45, 2.75) is 0 Å². The zero-order valence-electron chi connectivity index (χ0n) is 4.91. The van der Waals surface area contributed by atoms with Crippen LogP contribution in [0.4, 0.5) is 5.69 Å². The normalized spacial score (nSPS) is 9.30. The lowest BCUT2D eigenvalue weighted by molar-refractivity contribution is 0.471. The Labute approximate surface area is 71.2 Å². The first kappa shape index (κ1) is 7.46. The van der Waals surface area contributed by atoms with Crippen molar-refractivity contribution in [3.63, 3.8) is 0 Å². The number of nitroso groups, excluding NO2 is 1. The van der Waals surface area contributed by atoms with Crippen molar-refractivity contribution >= 4 is 28.3 Å². The second-order valence-electron chi connectivity index (χ2n) is 1.73. The minimum absolute atomic E-state index is 0.174. The van der Waals surface area contributed by atoms with Gasteiger partial charge in [0.05, 0.1) is 3.57 Å². The van der Waals surface area contributed by atoms with Gasteiger partial charge in [-0.2, -0.15) is 0 Å². The van der Waals surface area contributed by atoms with Gasteiger partial charge in [0, 0.05) is 0 Å². The SMILES string of the molecule is O=Nc1ccc(O)c(I)c1. The number of hydrogen-bond acceptors (Lipinski definition) is 3. The molecule has 0 fully saturated rings. The van der Waals surface area contributed by atoms with Gasteiger partial charge < -0.3 is 5.11 Å². The van der Waals surface area contributed by atoms with E-state index in [9.17, 15) is 4.91 Å². The summed E-state index contributed by atoms with van der Waals surface area (Å²) in [6, 6.07) is 4.42. The van der Waals surface area contributed by atoms with E-state index in [0.29, 0.717) is 9.26 Å². The Kier molecular flexibility index (Phi) is 2.21. The fourth-order valence-corrected chi connectivity index (χ4v) is 1.05. The van der Waals surface area contributed by atoms with E-state index < -0.39 is 0 Å². The van der Waals surface area contributed by atoms with E-state index in [1.54, 1.807) is 0 Å². The quantitative estimate of drug-likeness (QED) is 0.613. The monoisotopic (exact) mass is 249 g/mol. The summed E-state index contributed by atoms with van der Waals surface area (Å²) in [7, 11) is 0. The van der Waals surface area contributed by atoms with Gasteiger partial charge in [-0.3, -0.25) is 0 Å². The minimum atomic E-state index is 0.174. The Morgan fingerprint density at radius 3 is 2.70 bits per heavy atom. The van der Waals surface area contributed by atoms with Crippen molar-refractivity contribution in [3.8, 4) is 5.75 Å². The number of aromatic hydroxyl groups is 1. The summed E-state index contributed by atoms with van der Waals surface area (Å²) in [6.07, 6.45) is 0. The zero-order valence-corrected chi connectivity index (χ0v) is 7.07. The molecule has 0 unspecified atom stereocenters. The first-order valence-corrected chi connectivity index (χ1v) is 3.64. The van der Waals surface area contributed by atoms with Crippen molar-refractivity contribution in [3.05, 3.63) is 26.7 Å². The van der Waals surface area contributed by atoms with Gasteiger partial charge in [0.1, 0.15) is 11.4 Å². The second kappa shape index (κ2) is 2.96. The average molecular weight is 249 g/mol. The number of halogens is 1. The van der Waals surface area contributed by atoms with Crippen molar-refractivity contribution in [2.75, 3.05) is 0 Å². The molecule has 10 heavy (non-hydrogen) atoms. The van der Waals surface area contributed by atoms with Crippen molar-refractivity contribution in [1.29, 1.82) is 0 Å². The second-order valence-corrected chi connectivity index (χ2v) is 2.89. The first-order valence-electron chi connectivity index (χ1n) is 2.56. The fourth-order valence-electron chi connectivity index (χ4n) is 0.553.